The second-order valence-corrected chi connectivity index (χ2v) is 6.91. The molecule has 3 rings (SSSR count). The Kier molecular flexibility index (Phi) is 6.41. The average Bonchev–Trinajstić information content (AvgIpc) is 2.74. The highest BCUT2D eigenvalue weighted by molar-refractivity contribution is 7.77. The Hall–Kier alpha value is -3.45. The molecule has 0 aliphatic heterocycles. The first-order valence-electron chi connectivity index (χ1n) is 8.97. The first kappa shape index (κ1) is 20.3. The lowest BCUT2D eigenvalue weighted by Gasteiger charge is -2.18. The maximum Gasteiger partial charge on any atom is 0.273 e. The average molecular weight is 405 g/mol. The standard InChI is InChI=1S/C22H19N3O3S/c1-16-10-11-18(14-19(16)25(27)28)21(26)20(24-12-6-3-7-13-24)22(29)23-15-17-8-4-2-5-9-17/h2-14,20H,15H2,1H3/t20-/m1/s1. The molecule has 29 heavy (non-hydrogen) atoms. The minimum absolute atomic E-state index is 0.0974. The van der Waals surface area contributed by atoms with E-state index in [0.717, 1.165) is 5.56 Å². The first-order valence-corrected chi connectivity index (χ1v) is 9.38. The maximum absolute atomic E-state index is 13.3. The second kappa shape index (κ2) is 9.16. The Labute approximate surface area is 174 Å². The van der Waals surface area contributed by atoms with E-state index in [1.807, 2.05) is 36.4 Å². The number of nitro benzene ring substituents is 1. The molecule has 1 heterocycles. The van der Waals surface area contributed by atoms with Crippen LogP contribution in [-0.2, 0) is 19.2 Å². The van der Waals surface area contributed by atoms with Crippen LogP contribution in [0.1, 0.15) is 27.5 Å². The van der Waals surface area contributed by atoms with E-state index in [4.69, 9.17) is 12.6 Å². The van der Waals surface area contributed by atoms with Gasteiger partial charge < -0.3 is 17.6 Å². The van der Waals surface area contributed by atoms with Gasteiger partial charge in [0, 0.05) is 29.3 Å². The zero-order chi connectivity index (χ0) is 20.8. The third kappa shape index (κ3) is 4.89. The van der Waals surface area contributed by atoms with Gasteiger partial charge in [-0.2, -0.15) is 4.57 Å². The topological polar surface area (TPSA) is 76.5 Å². The summed E-state index contributed by atoms with van der Waals surface area (Å²) in [5, 5.41) is 11.5. The van der Waals surface area contributed by atoms with Crippen LogP contribution in [0.25, 0.3) is 0 Å². The summed E-state index contributed by atoms with van der Waals surface area (Å²) < 4.78 is 1.67. The number of carbonyl (C=O) groups excluding carboxylic acids is 1. The number of aromatic nitrogens is 1. The van der Waals surface area contributed by atoms with Gasteiger partial charge in [0.05, 0.1) is 11.5 Å². The number of pyridine rings is 1. The van der Waals surface area contributed by atoms with Crippen molar-refractivity contribution in [3.63, 3.8) is 0 Å². The summed E-state index contributed by atoms with van der Waals surface area (Å²) in [7, 11) is 0. The van der Waals surface area contributed by atoms with Gasteiger partial charge in [-0.3, -0.25) is 14.9 Å². The van der Waals surface area contributed by atoms with Crippen molar-refractivity contribution in [1.29, 1.82) is 0 Å². The molecule has 0 amide bonds. The van der Waals surface area contributed by atoms with E-state index in [0.29, 0.717) is 12.1 Å². The lowest BCUT2D eigenvalue weighted by Crippen LogP contribution is -2.47. The number of benzene rings is 2. The summed E-state index contributed by atoms with van der Waals surface area (Å²) >= 11 is 5.50. The molecule has 0 saturated carbocycles. The van der Waals surface area contributed by atoms with Crippen LogP contribution in [0.15, 0.2) is 84.1 Å². The number of carbonyl (C=O) groups is 1. The van der Waals surface area contributed by atoms with Crippen LogP contribution in [0.2, 0.25) is 0 Å². The minimum Gasteiger partial charge on any atom is -0.758 e. The number of nitro groups is 1. The van der Waals surface area contributed by atoms with Gasteiger partial charge in [-0.1, -0.05) is 48.5 Å². The molecule has 0 aliphatic carbocycles. The van der Waals surface area contributed by atoms with Crippen molar-refractivity contribution in [2.24, 2.45) is 4.99 Å². The number of hydrogen-bond acceptors (Lipinski definition) is 5. The van der Waals surface area contributed by atoms with E-state index in [1.54, 1.807) is 48.1 Å². The number of Topliss-reactive ketones (excluding diaryl/α,β-unsaturated/α-hetero) is 1. The molecule has 3 aromatic rings. The molecule has 7 heteroatoms. The molecular weight excluding hydrogens is 386 g/mol. The van der Waals surface area contributed by atoms with Crippen LogP contribution in [0.4, 0.5) is 5.69 Å². The SMILES string of the molecule is Cc1ccc(C(=O)[C@H](C([S-])=NCc2ccccc2)[n+]2ccccc2)cc1[N+](=O)[O-]. The van der Waals surface area contributed by atoms with Crippen LogP contribution in [-0.4, -0.2) is 15.8 Å². The molecule has 0 saturated heterocycles. The normalized spacial score (nSPS) is 12.4. The van der Waals surface area contributed by atoms with Crippen LogP contribution < -0.4 is 4.57 Å². The van der Waals surface area contributed by atoms with Crippen LogP contribution in [0.3, 0.4) is 0 Å². The van der Waals surface area contributed by atoms with Crippen molar-refractivity contribution in [2.45, 2.75) is 19.5 Å². The largest absolute Gasteiger partial charge is 0.758 e. The molecule has 1 aromatic heterocycles. The molecule has 1 atom stereocenters. The molecule has 0 spiro atoms. The molecule has 0 unspecified atom stereocenters. The third-order valence-electron chi connectivity index (χ3n) is 4.47. The van der Waals surface area contributed by atoms with Gasteiger partial charge in [-0.25, -0.2) is 0 Å². The van der Waals surface area contributed by atoms with E-state index in [9.17, 15) is 14.9 Å². The Morgan fingerprint density at radius 2 is 1.76 bits per heavy atom. The fourth-order valence-electron chi connectivity index (χ4n) is 2.92. The number of hydrogen-bond donors (Lipinski definition) is 0. The minimum atomic E-state index is -0.864. The highest BCUT2D eigenvalue weighted by atomic mass is 32.1. The van der Waals surface area contributed by atoms with E-state index in [2.05, 4.69) is 4.99 Å². The van der Waals surface area contributed by atoms with Crippen LogP contribution >= 0.6 is 0 Å². The summed E-state index contributed by atoms with van der Waals surface area (Å²) in [5.74, 6) is -0.342. The zero-order valence-electron chi connectivity index (χ0n) is 15.8. The van der Waals surface area contributed by atoms with Crippen molar-refractivity contribution < 1.29 is 14.3 Å². The van der Waals surface area contributed by atoms with E-state index >= 15 is 0 Å². The second-order valence-electron chi connectivity index (χ2n) is 6.49. The van der Waals surface area contributed by atoms with Crippen LogP contribution in [0.5, 0.6) is 0 Å². The fraction of sp³-hybridized carbons (Fsp3) is 0.136. The van der Waals surface area contributed by atoms with Crippen molar-refractivity contribution in [2.75, 3.05) is 0 Å². The fourth-order valence-corrected chi connectivity index (χ4v) is 3.21. The van der Waals surface area contributed by atoms with Crippen LogP contribution in [0, 0.1) is 17.0 Å². The van der Waals surface area contributed by atoms with Gasteiger partial charge in [0.15, 0.2) is 12.4 Å². The Morgan fingerprint density at radius 1 is 1.10 bits per heavy atom. The van der Waals surface area contributed by atoms with Gasteiger partial charge in [0.2, 0.25) is 11.8 Å². The van der Waals surface area contributed by atoms with E-state index < -0.39 is 11.0 Å². The smallest absolute Gasteiger partial charge is 0.273 e. The third-order valence-corrected chi connectivity index (χ3v) is 4.82. The lowest BCUT2D eigenvalue weighted by molar-refractivity contribution is -0.691. The summed E-state index contributed by atoms with van der Waals surface area (Å²) in [6.07, 6.45) is 3.46. The number of aliphatic imine (C=N–C) groups is 1. The molecule has 6 nitrogen and oxygen atoms in total. The van der Waals surface area contributed by atoms with Gasteiger partial charge in [0.25, 0.3) is 5.69 Å². The molecule has 0 radical (unpaired) electrons. The molecule has 146 valence electrons. The summed E-state index contributed by atoms with van der Waals surface area (Å²) in [5.41, 5.74) is 1.60. The Balaban J connectivity index is 1.99. The summed E-state index contributed by atoms with van der Waals surface area (Å²) in [6, 6.07) is 18.6. The van der Waals surface area contributed by atoms with Gasteiger partial charge in [0.1, 0.15) is 0 Å². The molecule has 0 bridgehead atoms. The Bertz CT molecular complexity index is 1050. The monoisotopic (exact) mass is 405 g/mol. The van der Waals surface area contributed by atoms with Crippen molar-refractivity contribution in [1.82, 2.24) is 0 Å². The Morgan fingerprint density at radius 3 is 2.41 bits per heavy atom. The number of nitrogens with zero attached hydrogens (tertiary/aromatic N) is 3. The highest BCUT2D eigenvalue weighted by Crippen LogP contribution is 2.22. The van der Waals surface area contributed by atoms with Crippen molar-refractivity contribution in [3.8, 4) is 0 Å². The highest BCUT2D eigenvalue weighted by Gasteiger charge is 2.29. The van der Waals surface area contributed by atoms with Crippen molar-refractivity contribution in [3.05, 3.63) is 106 Å². The first-order chi connectivity index (χ1) is 14.0. The zero-order valence-corrected chi connectivity index (χ0v) is 16.6. The van der Waals surface area contributed by atoms with Gasteiger partial charge in [-0.15, -0.1) is 0 Å². The molecule has 0 N–H and O–H groups in total. The predicted molar refractivity (Wildman–Crippen MR) is 113 cm³/mol. The van der Waals surface area contributed by atoms with Gasteiger partial charge >= 0.3 is 0 Å². The van der Waals surface area contributed by atoms with Gasteiger partial charge in [-0.05, 0) is 17.5 Å². The lowest BCUT2D eigenvalue weighted by atomic mass is 10.0. The number of ketones is 1. The number of aryl methyl sites for hydroxylation is 1. The molecule has 0 aliphatic rings. The van der Waals surface area contributed by atoms with E-state index in [1.165, 1.54) is 6.07 Å². The molecule has 0 fully saturated rings. The summed E-state index contributed by atoms with van der Waals surface area (Å²) in [4.78, 5) is 28.5. The maximum atomic E-state index is 13.3. The number of rotatable bonds is 7. The van der Waals surface area contributed by atoms with Crippen molar-refractivity contribution >= 4 is 29.1 Å². The molecule has 2 aromatic carbocycles. The predicted octanol–water partition coefficient (Wildman–Crippen LogP) is 3.76. The van der Waals surface area contributed by atoms with E-state index in [-0.39, 0.29) is 22.1 Å². The molecular formula is C22H19N3O3S. The summed E-state index contributed by atoms with van der Waals surface area (Å²) in [6.45, 7) is 1.99. The quantitative estimate of drug-likeness (QED) is 0.114.